The number of carbonyl (C=O) groups excluding carboxylic acids is 1. The Morgan fingerprint density at radius 1 is 1.03 bits per heavy atom. The smallest absolute Gasteiger partial charge is 0.387 e. The zero-order valence-electron chi connectivity index (χ0n) is 16.5. The van der Waals surface area contributed by atoms with Gasteiger partial charge >= 0.3 is 6.61 Å². The van der Waals surface area contributed by atoms with Crippen LogP contribution in [0.15, 0.2) is 48.5 Å². The molecule has 1 unspecified atom stereocenters. The van der Waals surface area contributed by atoms with Gasteiger partial charge in [-0.15, -0.1) is 0 Å². The number of carbonyl (C=O) groups is 1. The van der Waals surface area contributed by atoms with Gasteiger partial charge < -0.3 is 24.6 Å². The summed E-state index contributed by atoms with van der Waals surface area (Å²) in [5, 5.41) is 3.06. The summed E-state index contributed by atoms with van der Waals surface area (Å²) >= 11 is 0. The van der Waals surface area contributed by atoms with Gasteiger partial charge in [-0.1, -0.05) is 18.2 Å². The number of benzene rings is 2. The largest absolute Gasteiger partial charge is 0.493 e. The molecule has 6 nitrogen and oxygen atoms in total. The van der Waals surface area contributed by atoms with E-state index in [0.717, 1.165) is 18.8 Å². The second kappa shape index (κ2) is 9.45. The van der Waals surface area contributed by atoms with Crippen molar-refractivity contribution in [3.05, 3.63) is 48.5 Å². The van der Waals surface area contributed by atoms with Crippen molar-refractivity contribution in [2.24, 2.45) is 0 Å². The highest BCUT2D eigenvalue weighted by atomic mass is 19.3. The minimum Gasteiger partial charge on any atom is -0.493 e. The van der Waals surface area contributed by atoms with Gasteiger partial charge in [0.2, 0.25) is 5.91 Å². The summed E-state index contributed by atoms with van der Waals surface area (Å²) < 4.78 is 34.7. The van der Waals surface area contributed by atoms with Crippen LogP contribution < -0.4 is 19.7 Å². The Morgan fingerprint density at radius 3 is 2.34 bits per heavy atom. The van der Waals surface area contributed by atoms with Gasteiger partial charge in [0.15, 0.2) is 11.5 Å². The Morgan fingerprint density at radius 2 is 1.72 bits per heavy atom. The van der Waals surface area contributed by atoms with Gasteiger partial charge in [-0.25, -0.2) is 0 Å². The lowest BCUT2D eigenvalue weighted by atomic mass is 10.2. The van der Waals surface area contributed by atoms with Gasteiger partial charge in [0.25, 0.3) is 0 Å². The van der Waals surface area contributed by atoms with Crippen LogP contribution in [0.5, 0.6) is 11.5 Å². The highest BCUT2D eigenvalue weighted by Crippen LogP contribution is 2.31. The fraction of sp³-hybridized carbons (Fsp3) is 0.381. The first-order valence-corrected chi connectivity index (χ1v) is 9.46. The molecular weight excluding hydrogens is 380 g/mol. The van der Waals surface area contributed by atoms with E-state index in [1.54, 1.807) is 13.0 Å². The molecule has 1 aliphatic heterocycles. The lowest BCUT2D eigenvalue weighted by Crippen LogP contribution is -2.52. The molecule has 1 N–H and O–H groups in total. The molecule has 0 spiro atoms. The molecule has 8 heteroatoms. The van der Waals surface area contributed by atoms with Crippen LogP contribution in [0, 0.1) is 0 Å². The summed E-state index contributed by atoms with van der Waals surface area (Å²) in [6.07, 6.45) is 0. The van der Waals surface area contributed by atoms with Crippen molar-refractivity contribution in [1.29, 1.82) is 0 Å². The van der Waals surface area contributed by atoms with E-state index in [-0.39, 0.29) is 17.4 Å². The van der Waals surface area contributed by atoms with Crippen molar-refractivity contribution in [1.82, 2.24) is 4.90 Å². The normalized spacial score (nSPS) is 15.2. The Labute approximate surface area is 169 Å². The fourth-order valence-electron chi connectivity index (χ4n) is 3.36. The molecule has 1 fully saturated rings. The maximum Gasteiger partial charge on any atom is 0.387 e. The zero-order valence-corrected chi connectivity index (χ0v) is 16.5. The van der Waals surface area contributed by atoms with Crippen LogP contribution in [0.25, 0.3) is 0 Å². The predicted molar refractivity (Wildman–Crippen MR) is 108 cm³/mol. The van der Waals surface area contributed by atoms with Crippen molar-refractivity contribution >= 4 is 17.3 Å². The highest BCUT2D eigenvalue weighted by Gasteiger charge is 2.25. The number of nitrogens with one attached hydrogen (secondary N) is 1. The average molecular weight is 405 g/mol. The maximum absolute atomic E-state index is 12.8. The molecule has 1 aliphatic rings. The number of para-hydroxylation sites is 1. The van der Waals surface area contributed by atoms with E-state index in [4.69, 9.17) is 4.74 Å². The molecule has 1 heterocycles. The highest BCUT2D eigenvalue weighted by molar-refractivity contribution is 5.84. The first-order chi connectivity index (χ1) is 14.0. The molecule has 29 heavy (non-hydrogen) atoms. The Hall–Kier alpha value is -3.03. The van der Waals surface area contributed by atoms with Crippen molar-refractivity contribution in [3.63, 3.8) is 0 Å². The number of alkyl halides is 2. The molecule has 2 aromatic rings. The first kappa shape index (κ1) is 20.7. The van der Waals surface area contributed by atoms with Gasteiger partial charge in [0.05, 0.1) is 7.11 Å². The standard InChI is InChI=1S/C21H25F2N3O3/c1-15(24-16-8-9-18(28-2)19(14-16)29-21(22)23)20(27)26-12-10-25(11-13-26)17-6-4-3-5-7-17/h3-9,14-15,21,24H,10-13H2,1-2H3. The first-order valence-electron chi connectivity index (χ1n) is 9.46. The number of hydrogen-bond acceptors (Lipinski definition) is 5. The second-order valence-electron chi connectivity index (χ2n) is 6.76. The van der Waals surface area contributed by atoms with Crippen LogP contribution in [-0.2, 0) is 4.79 Å². The van der Waals surface area contributed by atoms with Crippen LogP contribution >= 0.6 is 0 Å². The number of piperazine rings is 1. The summed E-state index contributed by atoms with van der Waals surface area (Å²) in [5.41, 5.74) is 1.65. The van der Waals surface area contributed by atoms with E-state index < -0.39 is 12.7 Å². The van der Waals surface area contributed by atoms with Crippen LogP contribution in [0.4, 0.5) is 20.2 Å². The van der Waals surface area contributed by atoms with Crippen molar-refractivity contribution < 1.29 is 23.0 Å². The van der Waals surface area contributed by atoms with Crippen molar-refractivity contribution in [2.75, 3.05) is 43.5 Å². The lowest BCUT2D eigenvalue weighted by molar-refractivity contribution is -0.131. The number of ether oxygens (including phenoxy) is 2. The number of anilines is 2. The van der Waals surface area contributed by atoms with E-state index in [1.807, 2.05) is 23.1 Å². The third-order valence-corrected chi connectivity index (χ3v) is 4.85. The number of halogens is 2. The molecule has 0 saturated carbocycles. The Balaban J connectivity index is 1.58. The van der Waals surface area contributed by atoms with Crippen molar-refractivity contribution in [2.45, 2.75) is 19.6 Å². The van der Waals surface area contributed by atoms with Gasteiger partial charge in [-0.2, -0.15) is 8.78 Å². The van der Waals surface area contributed by atoms with Crippen LogP contribution in [-0.4, -0.2) is 56.7 Å². The average Bonchev–Trinajstić information content (AvgIpc) is 2.74. The molecular formula is C21H25F2N3O3. The number of nitrogens with zero attached hydrogens (tertiary/aromatic N) is 2. The number of amides is 1. The maximum atomic E-state index is 12.8. The third kappa shape index (κ3) is 5.28. The SMILES string of the molecule is COc1ccc(NC(C)C(=O)N2CCN(c3ccccc3)CC2)cc1OC(F)F. The van der Waals surface area contributed by atoms with E-state index in [2.05, 4.69) is 27.1 Å². The number of methoxy groups -OCH3 is 1. The topological polar surface area (TPSA) is 54.0 Å². The third-order valence-electron chi connectivity index (χ3n) is 4.85. The molecule has 0 aromatic heterocycles. The van der Waals surface area contributed by atoms with Gasteiger partial charge in [-0.3, -0.25) is 4.79 Å². The van der Waals surface area contributed by atoms with Gasteiger partial charge in [0, 0.05) is 43.6 Å². The fourth-order valence-corrected chi connectivity index (χ4v) is 3.36. The minimum atomic E-state index is -2.96. The molecule has 156 valence electrons. The predicted octanol–water partition coefficient (Wildman–Crippen LogP) is 3.45. The van der Waals surface area contributed by atoms with E-state index in [0.29, 0.717) is 18.8 Å². The van der Waals surface area contributed by atoms with Gasteiger partial charge in [0.1, 0.15) is 6.04 Å². The second-order valence-corrected chi connectivity index (χ2v) is 6.76. The molecule has 0 aliphatic carbocycles. The summed E-state index contributed by atoms with van der Waals surface area (Å²) in [5.74, 6) is 0.0837. The Kier molecular flexibility index (Phi) is 6.74. The molecule has 1 saturated heterocycles. The zero-order chi connectivity index (χ0) is 20.8. The molecule has 1 atom stereocenters. The molecule has 1 amide bonds. The molecule has 2 aromatic carbocycles. The number of hydrogen-bond donors (Lipinski definition) is 1. The quantitative estimate of drug-likeness (QED) is 0.765. The molecule has 0 radical (unpaired) electrons. The van der Waals surface area contributed by atoms with Crippen LogP contribution in [0.1, 0.15) is 6.92 Å². The summed E-state index contributed by atoms with van der Waals surface area (Å²) in [7, 11) is 1.38. The molecule has 0 bridgehead atoms. The van der Waals surface area contributed by atoms with E-state index >= 15 is 0 Å². The monoisotopic (exact) mass is 405 g/mol. The van der Waals surface area contributed by atoms with Gasteiger partial charge in [-0.05, 0) is 31.2 Å². The summed E-state index contributed by atoms with van der Waals surface area (Å²) in [6, 6.07) is 14.2. The minimum absolute atomic E-state index is 0.0372. The summed E-state index contributed by atoms with van der Waals surface area (Å²) in [4.78, 5) is 16.9. The van der Waals surface area contributed by atoms with E-state index in [9.17, 15) is 13.6 Å². The lowest BCUT2D eigenvalue weighted by Gasteiger charge is -2.37. The van der Waals surface area contributed by atoms with Crippen LogP contribution in [0.2, 0.25) is 0 Å². The number of rotatable bonds is 7. The Bertz CT molecular complexity index is 812. The molecule has 3 rings (SSSR count). The summed E-state index contributed by atoms with van der Waals surface area (Å²) in [6.45, 7) is 1.57. The van der Waals surface area contributed by atoms with E-state index in [1.165, 1.54) is 19.2 Å². The van der Waals surface area contributed by atoms with Crippen molar-refractivity contribution in [3.8, 4) is 11.5 Å². The van der Waals surface area contributed by atoms with Crippen LogP contribution in [0.3, 0.4) is 0 Å².